The number of pyridine rings is 1. The molecule has 2 fully saturated rings. The molecule has 2 aliphatic rings. The van der Waals surface area contributed by atoms with Crippen LogP contribution in [0.15, 0.2) is 12.3 Å². The fourth-order valence-electron chi connectivity index (χ4n) is 3.53. The van der Waals surface area contributed by atoms with Gasteiger partial charge in [-0.3, -0.25) is 0 Å². The maximum Gasteiger partial charge on any atom is 0.147 e. The number of halogens is 1. The summed E-state index contributed by atoms with van der Waals surface area (Å²) < 4.78 is 0. The number of hydrogen-bond donors (Lipinski definition) is 1. The number of rotatable bonds is 4. The summed E-state index contributed by atoms with van der Waals surface area (Å²) in [7, 11) is 0. The molecule has 3 rings (SSSR count). The smallest absolute Gasteiger partial charge is 0.147 e. The van der Waals surface area contributed by atoms with E-state index in [0.29, 0.717) is 6.04 Å². The lowest BCUT2D eigenvalue weighted by Crippen LogP contribution is -2.24. The van der Waals surface area contributed by atoms with Gasteiger partial charge in [0.05, 0.1) is 5.02 Å². The van der Waals surface area contributed by atoms with Crippen LogP contribution in [0.25, 0.3) is 0 Å². The first-order valence-electron chi connectivity index (χ1n) is 7.76. The number of hydrogen-bond acceptors (Lipinski definition) is 3. The first kappa shape index (κ1) is 14.2. The highest BCUT2D eigenvalue weighted by atomic mass is 35.5. The van der Waals surface area contributed by atoms with Crippen LogP contribution in [0, 0.1) is 11.8 Å². The Kier molecular flexibility index (Phi) is 4.18. The molecule has 1 aromatic heterocycles. The molecule has 0 radical (unpaired) electrons. The normalized spacial score (nSPS) is 25.5. The molecule has 0 bridgehead atoms. The van der Waals surface area contributed by atoms with Gasteiger partial charge in [0.1, 0.15) is 5.82 Å². The quantitative estimate of drug-likeness (QED) is 0.921. The SMILES string of the molecule is CC(C)NCc1cnc(N2CC3CCCC3C2)c(Cl)c1. The van der Waals surface area contributed by atoms with Crippen LogP contribution in [-0.2, 0) is 6.54 Å². The Balaban J connectivity index is 1.68. The van der Waals surface area contributed by atoms with Crippen LogP contribution in [0.5, 0.6) is 0 Å². The molecular weight excluding hydrogens is 270 g/mol. The minimum atomic E-state index is 0.478. The molecule has 1 aliphatic carbocycles. The van der Waals surface area contributed by atoms with Crippen LogP contribution in [0.4, 0.5) is 5.82 Å². The van der Waals surface area contributed by atoms with Crippen molar-refractivity contribution in [1.82, 2.24) is 10.3 Å². The van der Waals surface area contributed by atoms with Crippen LogP contribution in [0.2, 0.25) is 5.02 Å². The van der Waals surface area contributed by atoms with E-state index >= 15 is 0 Å². The third-order valence-corrected chi connectivity index (χ3v) is 4.90. The van der Waals surface area contributed by atoms with Gasteiger partial charge in [-0.2, -0.15) is 0 Å². The summed E-state index contributed by atoms with van der Waals surface area (Å²) in [6.45, 7) is 7.40. The molecule has 0 amide bonds. The highest BCUT2D eigenvalue weighted by Crippen LogP contribution is 2.40. The highest BCUT2D eigenvalue weighted by Gasteiger charge is 2.37. The number of fused-ring (bicyclic) bond motifs is 1. The minimum absolute atomic E-state index is 0.478. The second kappa shape index (κ2) is 5.90. The zero-order valence-electron chi connectivity index (χ0n) is 12.4. The summed E-state index contributed by atoms with van der Waals surface area (Å²) in [5.41, 5.74) is 1.16. The zero-order valence-corrected chi connectivity index (χ0v) is 13.2. The number of nitrogens with zero attached hydrogens (tertiary/aromatic N) is 2. The molecule has 4 heteroatoms. The van der Waals surface area contributed by atoms with Crippen molar-refractivity contribution in [2.24, 2.45) is 11.8 Å². The topological polar surface area (TPSA) is 28.2 Å². The number of nitrogens with one attached hydrogen (secondary N) is 1. The molecule has 1 N–H and O–H groups in total. The van der Waals surface area contributed by atoms with Gasteiger partial charge in [-0.05, 0) is 36.3 Å². The Hall–Kier alpha value is -0.800. The molecule has 3 nitrogen and oxygen atoms in total. The monoisotopic (exact) mass is 293 g/mol. The van der Waals surface area contributed by atoms with E-state index < -0.39 is 0 Å². The van der Waals surface area contributed by atoms with Crippen LogP contribution in [0.1, 0.15) is 38.7 Å². The van der Waals surface area contributed by atoms with Crippen LogP contribution in [0.3, 0.4) is 0 Å². The van der Waals surface area contributed by atoms with Gasteiger partial charge in [-0.15, -0.1) is 0 Å². The fraction of sp³-hybridized carbons (Fsp3) is 0.688. The van der Waals surface area contributed by atoms with E-state index in [1.807, 2.05) is 6.20 Å². The van der Waals surface area contributed by atoms with Crippen molar-refractivity contribution < 1.29 is 0 Å². The van der Waals surface area contributed by atoms with Gasteiger partial charge >= 0.3 is 0 Å². The largest absolute Gasteiger partial charge is 0.355 e. The summed E-state index contributed by atoms with van der Waals surface area (Å²) >= 11 is 6.45. The lowest BCUT2D eigenvalue weighted by Gasteiger charge is -2.20. The second-order valence-corrected chi connectivity index (χ2v) is 6.95. The Morgan fingerprint density at radius 2 is 2.05 bits per heavy atom. The molecule has 2 unspecified atom stereocenters. The van der Waals surface area contributed by atoms with Crippen LogP contribution >= 0.6 is 11.6 Å². The average Bonchev–Trinajstić information content (AvgIpc) is 2.97. The molecule has 1 saturated carbocycles. The zero-order chi connectivity index (χ0) is 14.1. The predicted octanol–water partition coefficient (Wildman–Crippen LogP) is 3.47. The van der Waals surface area contributed by atoms with Gasteiger partial charge in [-0.1, -0.05) is 31.9 Å². The van der Waals surface area contributed by atoms with E-state index in [1.54, 1.807) is 0 Å². The van der Waals surface area contributed by atoms with Gasteiger partial charge in [0.2, 0.25) is 0 Å². The first-order chi connectivity index (χ1) is 9.63. The van der Waals surface area contributed by atoms with Crippen molar-refractivity contribution in [2.75, 3.05) is 18.0 Å². The van der Waals surface area contributed by atoms with Crippen molar-refractivity contribution in [1.29, 1.82) is 0 Å². The Labute approximate surface area is 126 Å². The van der Waals surface area contributed by atoms with Crippen molar-refractivity contribution in [3.05, 3.63) is 22.8 Å². The molecular formula is C16H24ClN3. The molecule has 0 spiro atoms. The second-order valence-electron chi connectivity index (χ2n) is 6.54. The van der Waals surface area contributed by atoms with E-state index in [2.05, 4.69) is 35.1 Å². The van der Waals surface area contributed by atoms with E-state index in [0.717, 1.165) is 47.9 Å². The standard InChI is InChI=1S/C16H24ClN3/c1-11(2)18-7-12-6-15(17)16(19-8-12)20-9-13-4-3-5-14(13)10-20/h6,8,11,13-14,18H,3-5,7,9-10H2,1-2H3. The Bertz CT molecular complexity index is 463. The van der Waals surface area contributed by atoms with Crippen LogP contribution < -0.4 is 10.2 Å². The Morgan fingerprint density at radius 1 is 1.35 bits per heavy atom. The van der Waals surface area contributed by atoms with Crippen molar-refractivity contribution in [2.45, 2.75) is 45.7 Å². The summed E-state index contributed by atoms with van der Waals surface area (Å²) in [4.78, 5) is 7.00. The van der Waals surface area contributed by atoms with E-state index in [4.69, 9.17) is 11.6 Å². The molecule has 2 atom stereocenters. The number of anilines is 1. The highest BCUT2D eigenvalue weighted by molar-refractivity contribution is 6.33. The maximum atomic E-state index is 6.45. The lowest BCUT2D eigenvalue weighted by molar-refractivity contribution is 0.494. The first-order valence-corrected chi connectivity index (χ1v) is 8.14. The molecule has 1 aromatic rings. The van der Waals surface area contributed by atoms with Crippen molar-refractivity contribution in [3.8, 4) is 0 Å². The number of aromatic nitrogens is 1. The van der Waals surface area contributed by atoms with Crippen LogP contribution in [-0.4, -0.2) is 24.1 Å². The summed E-state index contributed by atoms with van der Waals surface area (Å²) in [6, 6.07) is 2.54. The summed E-state index contributed by atoms with van der Waals surface area (Å²) in [5, 5.41) is 4.20. The third kappa shape index (κ3) is 2.94. The minimum Gasteiger partial charge on any atom is -0.355 e. The van der Waals surface area contributed by atoms with Crippen molar-refractivity contribution >= 4 is 17.4 Å². The van der Waals surface area contributed by atoms with E-state index in [1.165, 1.54) is 19.3 Å². The fourth-order valence-corrected chi connectivity index (χ4v) is 3.84. The average molecular weight is 294 g/mol. The third-order valence-electron chi connectivity index (χ3n) is 4.62. The van der Waals surface area contributed by atoms with Gasteiger partial charge in [0, 0.05) is 31.9 Å². The lowest BCUT2D eigenvalue weighted by atomic mass is 10.0. The summed E-state index contributed by atoms with van der Waals surface area (Å²) in [6.07, 6.45) is 6.14. The van der Waals surface area contributed by atoms with Gasteiger partial charge in [0.25, 0.3) is 0 Å². The summed E-state index contributed by atoms with van der Waals surface area (Å²) in [5.74, 6) is 2.72. The maximum absolute atomic E-state index is 6.45. The molecule has 20 heavy (non-hydrogen) atoms. The van der Waals surface area contributed by atoms with Gasteiger partial charge in [-0.25, -0.2) is 4.98 Å². The molecule has 0 aromatic carbocycles. The molecule has 1 aliphatic heterocycles. The van der Waals surface area contributed by atoms with Gasteiger partial charge < -0.3 is 10.2 Å². The molecule has 2 heterocycles. The molecule has 110 valence electrons. The Morgan fingerprint density at radius 3 is 2.65 bits per heavy atom. The van der Waals surface area contributed by atoms with Gasteiger partial charge in [0.15, 0.2) is 0 Å². The van der Waals surface area contributed by atoms with Crippen molar-refractivity contribution in [3.63, 3.8) is 0 Å². The van der Waals surface area contributed by atoms with E-state index in [9.17, 15) is 0 Å². The molecule has 1 saturated heterocycles. The predicted molar refractivity (Wildman–Crippen MR) is 84.3 cm³/mol. The van der Waals surface area contributed by atoms with E-state index in [-0.39, 0.29) is 0 Å².